The molecule has 0 aliphatic rings. The minimum Gasteiger partial charge on any atom is -0.291 e. The fourth-order valence-electron chi connectivity index (χ4n) is 1.49. The zero-order valence-electron chi connectivity index (χ0n) is 10.8. The third kappa shape index (κ3) is 5.57. The Balaban J connectivity index is 4.64. The van der Waals surface area contributed by atoms with Gasteiger partial charge in [-0.1, -0.05) is 13.8 Å². The summed E-state index contributed by atoms with van der Waals surface area (Å²) in [6.45, 7) is 10.7. The van der Waals surface area contributed by atoms with Gasteiger partial charge >= 0.3 is 0 Å². The average molecular weight is 208 g/mol. The first-order valence-corrected chi connectivity index (χ1v) is 5.82. The van der Waals surface area contributed by atoms with Crippen LogP contribution >= 0.6 is 0 Å². The van der Waals surface area contributed by atoms with Crippen LogP contribution in [0.25, 0.3) is 0 Å². The standard InChI is InChI=1S/C13H24N2/c1-6-13(7-2,9-8-10-14)11-15-12(3,4)5/h11H,6-9H2,1-5H3. The van der Waals surface area contributed by atoms with Crippen molar-refractivity contribution in [2.75, 3.05) is 0 Å². The molecule has 0 aliphatic heterocycles. The van der Waals surface area contributed by atoms with Crippen LogP contribution in [0.5, 0.6) is 0 Å². The van der Waals surface area contributed by atoms with E-state index in [1.807, 2.05) is 0 Å². The summed E-state index contributed by atoms with van der Waals surface area (Å²) in [7, 11) is 0. The van der Waals surface area contributed by atoms with Gasteiger partial charge in [0.15, 0.2) is 0 Å². The van der Waals surface area contributed by atoms with Gasteiger partial charge in [0.25, 0.3) is 0 Å². The molecule has 0 unspecified atom stereocenters. The predicted octanol–water partition coefficient (Wildman–Crippen LogP) is 3.97. The van der Waals surface area contributed by atoms with Crippen LogP contribution in [0, 0.1) is 16.7 Å². The molecule has 0 amide bonds. The van der Waals surface area contributed by atoms with E-state index in [1.165, 1.54) is 0 Å². The highest BCUT2D eigenvalue weighted by atomic mass is 14.8. The lowest BCUT2D eigenvalue weighted by molar-refractivity contribution is 0.367. The van der Waals surface area contributed by atoms with E-state index in [4.69, 9.17) is 5.26 Å². The van der Waals surface area contributed by atoms with E-state index in [-0.39, 0.29) is 11.0 Å². The van der Waals surface area contributed by atoms with Gasteiger partial charge in [-0.2, -0.15) is 5.26 Å². The first kappa shape index (κ1) is 14.2. The SMILES string of the molecule is CCC(C=NC(C)(C)C)(CC)CCC#N. The summed E-state index contributed by atoms with van der Waals surface area (Å²) >= 11 is 0. The van der Waals surface area contributed by atoms with Crippen LogP contribution in [-0.2, 0) is 0 Å². The highest BCUT2D eigenvalue weighted by Crippen LogP contribution is 2.30. The van der Waals surface area contributed by atoms with Crippen LogP contribution < -0.4 is 0 Å². The van der Waals surface area contributed by atoms with Crippen LogP contribution in [0.3, 0.4) is 0 Å². The lowest BCUT2D eigenvalue weighted by Crippen LogP contribution is -2.23. The number of hydrogen-bond acceptors (Lipinski definition) is 2. The normalized spacial score (nSPS) is 13.1. The van der Waals surface area contributed by atoms with Gasteiger partial charge in [-0.15, -0.1) is 0 Å². The Morgan fingerprint density at radius 2 is 1.73 bits per heavy atom. The van der Waals surface area contributed by atoms with Gasteiger partial charge < -0.3 is 0 Å². The minimum absolute atomic E-state index is 0.0117. The van der Waals surface area contributed by atoms with Gasteiger partial charge in [-0.25, -0.2) is 0 Å². The third-order valence-corrected chi connectivity index (χ3v) is 2.87. The van der Waals surface area contributed by atoms with E-state index in [1.54, 1.807) is 0 Å². The maximum Gasteiger partial charge on any atom is 0.0622 e. The van der Waals surface area contributed by atoms with E-state index in [2.05, 4.69) is 51.9 Å². The second kappa shape index (κ2) is 5.90. The second-order valence-corrected chi connectivity index (χ2v) is 5.16. The van der Waals surface area contributed by atoms with Crippen molar-refractivity contribution in [1.82, 2.24) is 0 Å². The van der Waals surface area contributed by atoms with Crippen molar-refractivity contribution in [3.05, 3.63) is 0 Å². The number of nitriles is 1. The fourth-order valence-corrected chi connectivity index (χ4v) is 1.49. The van der Waals surface area contributed by atoms with Crippen molar-refractivity contribution in [3.63, 3.8) is 0 Å². The maximum absolute atomic E-state index is 8.65. The molecule has 0 aromatic rings. The van der Waals surface area contributed by atoms with E-state index >= 15 is 0 Å². The number of hydrogen-bond donors (Lipinski definition) is 0. The van der Waals surface area contributed by atoms with E-state index in [0.29, 0.717) is 6.42 Å². The minimum atomic E-state index is -0.0117. The molecule has 86 valence electrons. The molecule has 15 heavy (non-hydrogen) atoms. The Morgan fingerprint density at radius 1 is 1.20 bits per heavy atom. The monoisotopic (exact) mass is 208 g/mol. The number of nitrogens with zero attached hydrogens (tertiary/aromatic N) is 2. The Morgan fingerprint density at radius 3 is 2.07 bits per heavy atom. The average Bonchev–Trinajstić information content (AvgIpc) is 2.18. The van der Waals surface area contributed by atoms with Gasteiger partial charge in [0, 0.05) is 18.1 Å². The lowest BCUT2D eigenvalue weighted by atomic mass is 9.79. The molecule has 0 aromatic carbocycles. The van der Waals surface area contributed by atoms with Gasteiger partial charge in [0.1, 0.15) is 0 Å². The Hall–Kier alpha value is -0.840. The summed E-state index contributed by atoms with van der Waals surface area (Å²) in [6, 6.07) is 2.23. The molecule has 0 N–H and O–H groups in total. The number of aliphatic imine (C=N–C) groups is 1. The maximum atomic E-state index is 8.65. The van der Waals surface area contributed by atoms with Crippen LogP contribution in [0.4, 0.5) is 0 Å². The Bertz CT molecular complexity index is 236. The van der Waals surface area contributed by atoms with Crippen LogP contribution in [0.2, 0.25) is 0 Å². The molecule has 0 saturated carbocycles. The quantitative estimate of drug-likeness (QED) is 0.630. The molecule has 0 fully saturated rings. The molecule has 0 radical (unpaired) electrons. The zero-order chi connectivity index (χ0) is 11.9. The lowest BCUT2D eigenvalue weighted by Gasteiger charge is -2.27. The van der Waals surface area contributed by atoms with Gasteiger partial charge in [-0.3, -0.25) is 4.99 Å². The largest absolute Gasteiger partial charge is 0.291 e. The summed E-state index contributed by atoms with van der Waals surface area (Å²) in [5.41, 5.74) is 0.116. The van der Waals surface area contributed by atoms with Gasteiger partial charge in [0.2, 0.25) is 0 Å². The van der Waals surface area contributed by atoms with E-state index in [9.17, 15) is 0 Å². The highest BCUT2D eigenvalue weighted by Gasteiger charge is 2.24. The van der Waals surface area contributed by atoms with Crippen LogP contribution in [-0.4, -0.2) is 11.8 Å². The summed E-state index contributed by atoms with van der Waals surface area (Å²) in [6.07, 6.45) is 5.76. The van der Waals surface area contributed by atoms with Crippen molar-refractivity contribution in [1.29, 1.82) is 5.26 Å². The molecule has 0 spiro atoms. The first-order chi connectivity index (χ1) is 6.89. The molecule has 2 nitrogen and oxygen atoms in total. The third-order valence-electron chi connectivity index (χ3n) is 2.87. The molecule has 0 saturated heterocycles. The van der Waals surface area contributed by atoms with Crippen LogP contribution in [0.15, 0.2) is 4.99 Å². The smallest absolute Gasteiger partial charge is 0.0622 e. The first-order valence-electron chi connectivity index (χ1n) is 5.82. The predicted molar refractivity (Wildman–Crippen MR) is 66.1 cm³/mol. The molecule has 0 rings (SSSR count). The van der Waals surface area contributed by atoms with Gasteiger partial charge in [-0.05, 0) is 40.0 Å². The van der Waals surface area contributed by atoms with E-state index < -0.39 is 0 Å². The van der Waals surface area contributed by atoms with Crippen molar-refractivity contribution in [3.8, 4) is 6.07 Å². The second-order valence-electron chi connectivity index (χ2n) is 5.16. The zero-order valence-corrected chi connectivity index (χ0v) is 10.8. The van der Waals surface area contributed by atoms with Crippen molar-refractivity contribution in [2.24, 2.45) is 10.4 Å². The molecular weight excluding hydrogens is 184 g/mol. The molecule has 0 aliphatic carbocycles. The number of rotatable bonds is 5. The molecule has 0 aromatic heterocycles. The summed E-state index contributed by atoms with van der Waals surface area (Å²) in [5, 5.41) is 8.65. The van der Waals surface area contributed by atoms with E-state index in [0.717, 1.165) is 19.3 Å². The molecule has 2 heteroatoms. The summed E-state index contributed by atoms with van der Waals surface area (Å²) < 4.78 is 0. The summed E-state index contributed by atoms with van der Waals surface area (Å²) in [4.78, 5) is 4.59. The van der Waals surface area contributed by atoms with Crippen LogP contribution in [0.1, 0.15) is 60.3 Å². The Kier molecular flexibility index (Phi) is 5.57. The van der Waals surface area contributed by atoms with Crippen molar-refractivity contribution >= 4 is 6.21 Å². The Labute approximate surface area is 94.4 Å². The summed E-state index contributed by atoms with van der Waals surface area (Å²) in [5.74, 6) is 0. The highest BCUT2D eigenvalue weighted by molar-refractivity contribution is 5.66. The van der Waals surface area contributed by atoms with Crippen molar-refractivity contribution in [2.45, 2.75) is 65.8 Å². The molecule has 0 atom stereocenters. The molecular formula is C13H24N2. The molecule has 0 bridgehead atoms. The van der Waals surface area contributed by atoms with Gasteiger partial charge in [0.05, 0.1) is 11.6 Å². The van der Waals surface area contributed by atoms with Crippen molar-refractivity contribution < 1.29 is 0 Å². The topological polar surface area (TPSA) is 36.1 Å². The molecule has 0 heterocycles. The fraction of sp³-hybridized carbons (Fsp3) is 0.846.